The maximum Gasteiger partial charge on any atom is 0.307 e. The molecule has 0 radical (unpaired) electrons. The quantitative estimate of drug-likeness (QED) is 0.790. The second kappa shape index (κ2) is 6.00. The molecule has 6 heteroatoms. The summed E-state index contributed by atoms with van der Waals surface area (Å²) in [4.78, 5) is 15.8. The molecule has 0 fully saturated rings. The number of nitrogens with one attached hydrogen (secondary N) is 1. The lowest BCUT2D eigenvalue weighted by Gasteiger charge is -2.21. The molecular formula is C14H18N2O3S. The second-order valence-electron chi connectivity index (χ2n) is 4.45. The van der Waals surface area contributed by atoms with Crippen molar-refractivity contribution in [1.29, 1.82) is 0 Å². The van der Waals surface area contributed by atoms with Gasteiger partial charge in [0.15, 0.2) is 0 Å². The molecule has 0 saturated heterocycles. The molecule has 0 aliphatic carbocycles. The molecule has 0 unspecified atom stereocenters. The maximum atomic E-state index is 11.1. The maximum absolute atomic E-state index is 11.1. The van der Waals surface area contributed by atoms with Gasteiger partial charge in [-0.1, -0.05) is 17.4 Å². The number of anilines is 1. The largest absolute Gasteiger partial charge is 0.508 e. The van der Waals surface area contributed by atoms with E-state index in [1.165, 1.54) is 0 Å². The highest BCUT2D eigenvalue weighted by Crippen LogP contribution is 2.29. The third kappa shape index (κ3) is 2.96. The number of aromatic hydroxyl groups is 2. The minimum absolute atomic E-state index is 0.118. The molecule has 108 valence electrons. The van der Waals surface area contributed by atoms with Crippen molar-refractivity contribution < 1.29 is 10.2 Å². The van der Waals surface area contributed by atoms with Crippen LogP contribution in [-0.4, -0.2) is 28.3 Å². The zero-order valence-electron chi connectivity index (χ0n) is 11.5. The number of thiazole rings is 1. The van der Waals surface area contributed by atoms with Gasteiger partial charge in [0.1, 0.15) is 5.75 Å². The second-order valence-corrected chi connectivity index (χ2v) is 5.52. The summed E-state index contributed by atoms with van der Waals surface area (Å²) in [5.41, 5.74) is 1.65. The van der Waals surface area contributed by atoms with Crippen molar-refractivity contribution in [2.24, 2.45) is 0 Å². The number of aromatic amines is 1. The molecule has 0 aliphatic rings. The summed E-state index contributed by atoms with van der Waals surface area (Å²) in [6.45, 7) is 5.86. The number of phenolic OH excluding ortho intramolecular Hbond substituents is 1. The first-order chi connectivity index (χ1) is 9.55. The number of nitrogens with zero attached hydrogens (tertiary/aromatic N) is 1. The molecule has 0 aliphatic heterocycles. The standard InChI is InChI=1S/C14H18N2O3S/c1-3-16(4-2)10-6-5-9(11(17)8-10)7-12-13(18)15-14(19)20-12/h5-6,8,17-18H,3-4,7H2,1-2H3,(H,15,19). The van der Waals surface area contributed by atoms with Gasteiger partial charge >= 0.3 is 4.87 Å². The first-order valence-corrected chi connectivity index (χ1v) is 7.34. The monoisotopic (exact) mass is 294 g/mol. The van der Waals surface area contributed by atoms with E-state index in [2.05, 4.69) is 23.7 Å². The van der Waals surface area contributed by atoms with E-state index in [1.807, 2.05) is 12.1 Å². The molecule has 0 bridgehead atoms. The van der Waals surface area contributed by atoms with Crippen molar-refractivity contribution in [3.05, 3.63) is 38.3 Å². The summed E-state index contributed by atoms with van der Waals surface area (Å²) in [5.74, 6) is 0.0573. The van der Waals surface area contributed by atoms with Crippen molar-refractivity contribution in [1.82, 2.24) is 4.98 Å². The Bertz CT molecular complexity index is 644. The molecule has 1 aromatic carbocycles. The first-order valence-electron chi connectivity index (χ1n) is 6.53. The molecule has 2 rings (SSSR count). The van der Waals surface area contributed by atoms with Gasteiger partial charge in [0.05, 0.1) is 4.88 Å². The van der Waals surface area contributed by atoms with E-state index in [0.29, 0.717) is 16.9 Å². The van der Waals surface area contributed by atoms with Crippen LogP contribution < -0.4 is 9.77 Å². The van der Waals surface area contributed by atoms with Gasteiger partial charge in [0, 0.05) is 31.3 Å². The molecule has 0 amide bonds. The van der Waals surface area contributed by atoms with Crippen LogP contribution in [0, 0.1) is 0 Å². The number of benzene rings is 1. The highest BCUT2D eigenvalue weighted by molar-refractivity contribution is 7.09. The van der Waals surface area contributed by atoms with Gasteiger partial charge in [-0.15, -0.1) is 0 Å². The minimum atomic E-state index is -0.295. The lowest BCUT2D eigenvalue weighted by molar-refractivity contribution is 0.449. The zero-order valence-corrected chi connectivity index (χ0v) is 12.3. The fraction of sp³-hybridized carbons (Fsp3) is 0.357. The predicted octanol–water partition coefficient (Wildman–Crippen LogP) is 2.28. The highest BCUT2D eigenvalue weighted by Gasteiger charge is 2.12. The van der Waals surface area contributed by atoms with Crippen LogP contribution in [0.2, 0.25) is 0 Å². The van der Waals surface area contributed by atoms with Gasteiger partial charge in [-0.25, -0.2) is 0 Å². The van der Waals surface area contributed by atoms with Gasteiger partial charge in [-0.3, -0.25) is 9.78 Å². The van der Waals surface area contributed by atoms with Crippen LogP contribution >= 0.6 is 11.3 Å². The molecule has 1 heterocycles. The van der Waals surface area contributed by atoms with E-state index >= 15 is 0 Å². The number of H-pyrrole nitrogens is 1. The van der Waals surface area contributed by atoms with Gasteiger partial charge in [-0.05, 0) is 25.5 Å². The van der Waals surface area contributed by atoms with Gasteiger partial charge in [0.2, 0.25) is 5.88 Å². The number of hydrogen-bond donors (Lipinski definition) is 3. The average molecular weight is 294 g/mol. The molecule has 3 N–H and O–H groups in total. The van der Waals surface area contributed by atoms with Crippen LogP contribution in [0.25, 0.3) is 0 Å². The van der Waals surface area contributed by atoms with Crippen molar-refractivity contribution in [3.63, 3.8) is 0 Å². The minimum Gasteiger partial charge on any atom is -0.508 e. The van der Waals surface area contributed by atoms with E-state index in [1.54, 1.807) is 6.07 Å². The van der Waals surface area contributed by atoms with Crippen molar-refractivity contribution in [2.75, 3.05) is 18.0 Å². The molecule has 5 nitrogen and oxygen atoms in total. The number of rotatable bonds is 5. The lowest BCUT2D eigenvalue weighted by Crippen LogP contribution is -2.21. The van der Waals surface area contributed by atoms with Crippen LogP contribution in [0.5, 0.6) is 11.6 Å². The van der Waals surface area contributed by atoms with Crippen molar-refractivity contribution in [3.8, 4) is 11.6 Å². The van der Waals surface area contributed by atoms with E-state index in [0.717, 1.165) is 30.1 Å². The molecule has 20 heavy (non-hydrogen) atoms. The first kappa shape index (κ1) is 14.5. The van der Waals surface area contributed by atoms with Crippen molar-refractivity contribution >= 4 is 17.0 Å². The van der Waals surface area contributed by atoms with Crippen LogP contribution in [0.4, 0.5) is 5.69 Å². The Balaban J connectivity index is 2.26. The normalized spacial score (nSPS) is 10.7. The van der Waals surface area contributed by atoms with E-state index in [-0.39, 0.29) is 16.5 Å². The Morgan fingerprint density at radius 3 is 2.45 bits per heavy atom. The summed E-state index contributed by atoms with van der Waals surface area (Å²) in [6.07, 6.45) is 0.333. The number of aromatic nitrogens is 1. The zero-order chi connectivity index (χ0) is 14.7. The van der Waals surface area contributed by atoms with Crippen LogP contribution in [-0.2, 0) is 6.42 Å². The third-order valence-electron chi connectivity index (χ3n) is 3.25. The Morgan fingerprint density at radius 2 is 1.95 bits per heavy atom. The fourth-order valence-electron chi connectivity index (χ4n) is 2.13. The molecule has 1 aromatic heterocycles. The predicted molar refractivity (Wildman–Crippen MR) is 81.1 cm³/mol. The molecule has 0 saturated carbocycles. The number of hydrogen-bond acceptors (Lipinski definition) is 5. The lowest BCUT2D eigenvalue weighted by atomic mass is 10.1. The topological polar surface area (TPSA) is 76.6 Å². The van der Waals surface area contributed by atoms with Gasteiger partial charge in [-0.2, -0.15) is 0 Å². The Labute approximate surface area is 121 Å². The third-order valence-corrected chi connectivity index (χ3v) is 4.12. The molecule has 0 spiro atoms. The summed E-state index contributed by atoms with van der Waals surface area (Å²) in [7, 11) is 0. The average Bonchev–Trinajstić information content (AvgIpc) is 2.72. The smallest absolute Gasteiger partial charge is 0.307 e. The van der Waals surface area contributed by atoms with E-state index < -0.39 is 0 Å². The Hall–Kier alpha value is -1.95. The Kier molecular flexibility index (Phi) is 4.34. The van der Waals surface area contributed by atoms with Crippen molar-refractivity contribution in [2.45, 2.75) is 20.3 Å². The Morgan fingerprint density at radius 1 is 1.25 bits per heavy atom. The molecular weight excluding hydrogens is 276 g/mol. The molecule has 2 aromatic rings. The summed E-state index contributed by atoms with van der Waals surface area (Å²) < 4.78 is 0. The summed E-state index contributed by atoms with van der Waals surface area (Å²) in [6, 6.07) is 5.48. The van der Waals surface area contributed by atoms with Crippen LogP contribution in [0.3, 0.4) is 0 Å². The summed E-state index contributed by atoms with van der Waals surface area (Å²) >= 11 is 0.955. The van der Waals surface area contributed by atoms with E-state index in [9.17, 15) is 15.0 Å². The van der Waals surface area contributed by atoms with Gasteiger partial charge < -0.3 is 15.1 Å². The SMILES string of the molecule is CCN(CC)c1ccc(Cc2sc(=O)[nH]c2O)c(O)c1. The van der Waals surface area contributed by atoms with Crippen LogP contribution in [0.1, 0.15) is 24.3 Å². The molecule has 0 atom stereocenters. The van der Waals surface area contributed by atoms with Crippen LogP contribution in [0.15, 0.2) is 23.0 Å². The number of phenols is 1. The van der Waals surface area contributed by atoms with E-state index in [4.69, 9.17) is 0 Å². The van der Waals surface area contributed by atoms with Gasteiger partial charge in [0.25, 0.3) is 0 Å². The summed E-state index contributed by atoms with van der Waals surface area (Å²) in [5, 5.41) is 19.7. The highest BCUT2D eigenvalue weighted by atomic mass is 32.1. The fourth-order valence-corrected chi connectivity index (χ4v) is 2.88.